The molecule has 0 unspecified atom stereocenters. The number of halogens is 1. The van der Waals surface area contributed by atoms with Crippen molar-refractivity contribution >= 4 is 39.0 Å². The van der Waals surface area contributed by atoms with E-state index < -0.39 is 0 Å². The Morgan fingerprint density at radius 3 is 2.81 bits per heavy atom. The number of phenolic OH excluding ortho intramolecular Hbond substituents is 1. The Morgan fingerprint density at radius 1 is 1.50 bits per heavy atom. The molecule has 16 heavy (non-hydrogen) atoms. The lowest BCUT2D eigenvalue weighted by atomic mass is 10.1. The van der Waals surface area contributed by atoms with Gasteiger partial charge >= 0.3 is 0 Å². The molecule has 1 aromatic rings. The predicted octanol–water partition coefficient (Wildman–Crippen LogP) is 1.97. The first-order valence-electron chi connectivity index (χ1n) is 4.55. The van der Waals surface area contributed by atoms with Crippen molar-refractivity contribution in [3.63, 3.8) is 0 Å². The van der Waals surface area contributed by atoms with Crippen LogP contribution in [0, 0.1) is 0 Å². The number of hydrogen-bond donors (Lipinski definition) is 3. The number of aromatic hydroxyl groups is 1. The van der Waals surface area contributed by atoms with E-state index in [1.807, 2.05) is 0 Å². The van der Waals surface area contributed by atoms with Crippen LogP contribution < -0.4 is 10.7 Å². The van der Waals surface area contributed by atoms with Gasteiger partial charge in [-0.25, -0.2) is 0 Å². The minimum Gasteiger partial charge on any atom is -0.507 e. The number of hydrazone groups is 1. The molecule has 1 aromatic carbocycles. The van der Waals surface area contributed by atoms with Crippen molar-refractivity contribution in [3.8, 4) is 5.75 Å². The van der Waals surface area contributed by atoms with E-state index in [0.29, 0.717) is 16.4 Å². The van der Waals surface area contributed by atoms with Crippen molar-refractivity contribution in [2.75, 3.05) is 7.05 Å². The molecule has 0 aliphatic rings. The normalized spacial score (nSPS) is 11.1. The molecule has 0 saturated carbocycles. The van der Waals surface area contributed by atoms with Gasteiger partial charge in [-0.3, -0.25) is 5.43 Å². The van der Waals surface area contributed by atoms with Crippen molar-refractivity contribution in [3.05, 3.63) is 28.2 Å². The zero-order valence-electron chi connectivity index (χ0n) is 8.91. The first-order valence-corrected chi connectivity index (χ1v) is 5.75. The molecule has 0 heterocycles. The molecule has 0 aliphatic carbocycles. The summed E-state index contributed by atoms with van der Waals surface area (Å²) in [6.07, 6.45) is 0. The summed E-state index contributed by atoms with van der Waals surface area (Å²) in [5.74, 6) is 0.182. The lowest BCUT2D eigenvalue weighted by Crippen LogP contribution is -2.29. The Labute approximate surface area is 108 Å². The van der Waals surface area contributed by atoms with E-state index in [4.69, 9.17) is 12.2 Å². The number of rotatable bonds is 2. The summed E-state index contributed by atoms with van der Waals surface area (Å²) < 4.78 is 0.881. The van der Waals surface area contributed by atoms with Crippen LogP contribution in [0.5, 0.6) is 5.75 Å². The van der Waals surface area contributed by atoms with Gasteiger partial charge in [-0.1, -0.05) is 15.9 Å². The number of benzene rings is 1. The van der Waals surface area contributed by atoms with Crippen LogP contribution in [0.1, 0.15) is 12.5 Å². The fourth-order valence-electron chi connectivity index (χ4n) is 1.05. The SMILES string of the molecule is CNC(=S)N/N=C(\C)c1cc(Br)ccc1O. The number of nitrogens with zero attached hydrogens (tertiary/aromatic N) is 1. The minimum atomic E-state index is 0.182. The van der Waals surface area contributed by atoms with Crippen LogP contribution >= 0.6 is 28.1 Å². The molecule has 0 atom stereocenters. The van der Waals surface area contributed by atoms with Crippen molar-refractivity contribution in [2.24, 2.45) is 5.10 Å². The van der Waals surface area contributed by atoms with Gasteiger partial charge in [0.2, 0.25) is 0 Å². The molecule has 4 nitrogen and oxygen atoms in total. The summed E-state index contributed by atoms with van der Waals surface area (Å²) in [6, 6.07) is 5.16. The van der Waals surface area contributed by atoms with Crippen molar-refractivity contribution in [1.82, 2.24) is 10.7 Å². The van der Waals surface area contributed by atoms with Gasteiger partial charge in [0, 0.05) is 17.1 Å². The van der Waals surface area contributed by atoms with Crippen LogP contribution in [-0.2, 0) is 0 Å². The third-order valence-electron chi connectivity index (χ3n) is 1.90. The monoisotopic (exact) mass is 301 g/mol. The molecule has 0 bridgehead atoms. The summed E-state index contributed by atoms with van der Waals surface area (Å²) in [5, 5.41) is 16.9. The van der Waals surface area contributed by atoms with Gasteiger partial charge in [-0.2, -0.15) is 5.10 Å². The van der Waals surface area contributed by atoms with Crippen LogP contribution in [0.15, 0.2) is 27.8 Å². The molecule has 0 spiro atoms. The van der Waals surface area contributed by atoms with Crippen molar-refractivity contribution in [1.29, 1.82) is 0 Å². The lowest BCUT2D eigenvalue weighted by molar-refractivity contribution is 0.474. The fourth-order valence-corrected chi connectivity index (χ4v) is 1.46. The van der Waals surface area contributed by atoms with Crippen LogP contribution in [0.3, 0.4) is 0 Å². The second-order valence-electron chi connectivity index (χ2n) is 3.05. The van der Waals surface area contributed by atoms with Gasteiger partial charge in [0.25, 0.3) is 0 Å². The summed E-state index contributed by atoms with van der Waals surface area (Å²) in [6.45, 7) is 1.78. The number of nitrogens with one attached hydrogen (secondary N) is 2. The Morgan fingerprint density at radius 2 is 2.19 bits per heavy atom. The molecule has 0 radical (unpaired) electrons. The second kappa shape index (κ2) is 5.81. The highest BCUT2D eigenvalue weighted by atomic mass is 79.9. The zero-order chi connectivity index (χ0) is 12.1. The van der Waals surface area contributed by atoms with E-state index in [1.165, 1.54) is 0 Å². The average Bonchev–Trinajstić information content (AvgIpc) is 2.28. The molecule has 3 N–H and O–H groups in total. The third kappa shape index (κ3) is 3.46. The third-order valence-corrected chi connectivity index (χ3v) is 2.69. The summed E-state index contributed by atoms with van der Waals surface area (Å²) in [4.78, 5) is 0. The van der Waals surface area contributed by atoms with Gasteiger partial charge in [0.15, 0.2) is 5.11 Å². The number of thiocarbonyl (C=S) groups is 1. The number of hydrogen-bond acceptors (Lipinski definition) is 3. The summed E-state index contributed by atoms with van der Waals surface area (Å²) in [5.41, 5.74) is 3.96. The van der Waals surface area contributed by atoms with Crippen molar-refractivity contribution in [2.45, 2.75) is 6.92 Å². The van der Waals surface area contributed by atoms with Crippen LogP contribution in [-0.4, -0.2) is 23.0 Å². The maximum absolute atomic E-state index is 9.65. The molecule has 0 aromatic heterocycles. The van der Waals surface area contributed by atoms with E-state index in [1.54, 1.807) is 32.2 Å². The molecule has 0 fully saturated rings. The first-order chi connectivity index (χ1) is 7.54. The largest absolute Gasteiger partial charge is 0.507 e. The molecule has 1 rings (SSSR count). The van der Waals surface area contributed by atoms with Crippen LogP contribution in [0.4, 0.5) is 0 Å². The zero-order valence-corrected chi connectivity index (χ0v) is 11.3. The Balaban J connectivity index is 2.91. The topological polar surface area (TPSA) is 56.7 Å². The molecule has 0 amide bonds. The number of phenols is 1. The van der Waals surface area contributed by atoms with Gasteiger partial charge in [0.05, 0.1) is 5.71 Å². The van der Waals surface area contributed by atoms with Gasteiger partial charge < -0.3 is 10.4 Å². The molecule has 6 heteroatoms. The van der Waals surface area contributed by atoms with Gasteiger partial charge in [0.1, 0.15) is 5.75 Å². The lowest BCUT2D eigenvalue weighted by Gasteiger charge is -2.06. The van der Waals surface area contributed by atoms with E-state index in [2.05, 4.69) is 31.8 Å². The highest BCUT2D eigenvalue weighted by molar-refractivity contribution is 9.10. The second-order valence-corrected chi connectivity index (χ2v) is 4.37. The van der Waals surface area contributed by atoms with E-state index in [-0.39, 0.29) is 5.75 Å². The molecule has 0 saturated heterocycles. The molecule has 0 aliphatic heterocycles. The van der Waals surface area contributed by atoms with E-state index >= 15 is 0 Å². The molecule has 86 valence electrons. The Kier molecular flexibility index (Phi) is 4.70. The van der Waals surface area contributed by atoms with E-state index in [9.17, 15) is 5.11 Å². The fraction of sp³-hybridized carbons (Fsp3) is 0.200. The Hall–Kier alpha value is -1.14. The highest BCUT2D eigenvalue weighted by Gasteiger charge is 2.05. The quantitative estimate of drug-likeness (QED) is 0.444. The average molecular weight is 302 g/mol. The first kappa shape index (κ1) is 12.9. The summed E-state index contributed by atoms with van der Waals surface area (Å²) >= 11 is 8.21. The minimum absolute atomic E-state index is 0.182. The van der Waals surface area contributed by atoms with Crippen LogP contribution in [0.2, 0.25) is 0 Å². The predicted molar refractivity (Wildman–Crippen MR) is 72.8 cm³/mol. The maximum Gasteiger partial charge on any atom is 0.186 e. The smallest absolute Gasteiger partial charge is 0.186 e. The van der Waals surface area contributed by atoms with Gasteiger partial charge in [-0.05, 0) is 37.3 Å². The van der Waals surface area contributed by atoms with Gasteiger partial charge in [-0.15, -0.1) is 0 Å². The summed E-state index contributed by atoms with van der Waals surface area (Å²) in [7, 11) is 1.71. The highest BCUT2D eigenvalue weighted by Crippen LogP contribution is 2.22. The van der Waals surface area contributed by atoms with E-state index in [0.717, 1.165) is 4.47 Å². The Bertz CT molecular complexity index is 434. The van der Waals surface area contributed by atoms with Crippen LogP contribution in [0.25, 0.3) is 0 Å². The molecular weight excluding hydrogens is 290 g/mol. The molecular formula is C10H12BrN3OS. The van der Waals surface area contributed by atoms with Crippen molar-refractivity contribution < 1.29 is 5.11 Å². The standard InChI is InChI=1S/C10H12BrN3OS/c1-6(13-14-10(16)12-2)8-5-7(11)3-4-9(8)15/h3-5,15H,1-2H3,(H2,12,14,16)/b13-6+. The maximum atomic E-state index is 9.65.